The van der Waals surface area contributed by atoms with E-state index in [2.05, 4.69) is 6.92 Å². The predicted octanol–water partition coefficient (Wildman–Crippen LogP) is 3.37. The average molecular weight is 221 g/mol. The van der Waals surface area contributed by atoms with Crippen molar-refractivity contribution < 1.29 is 9.53 Å². The van der Waals surface area contributed by atoms with E-state index in [-0.39, 0.29) is 5.97 Å². The van der Waals surface area contributed by atoms with E-state index < -0.39 is 0 Å². The first-order valence-electron chi connectivity index (χ1n) is 5.42. The number of unbranched alkanes of at least 4 members (excludes halogenated alkanes) is 1. The van der Waals surface area contributed by atoms with Gasteiger partial charge in [0.2, 0.25) is 0 Å². The van der Waals surface area contributed by atoms with Crippen molar-refractivity contribution in [1.29, 1.82) is 0 Å². The third-order valence-corrected chi connectivity index (χ3v) is 2.45. The molecule has 0 heterocycles. The van der Waals surface area contributed by atoms with E-state index in [1.54, 1.807) is 0 Å². The van der Waals surface area contributed by atoms with Gasteiger partial charge in [0, 0.05) is 12.3 Å². The van der Waals surface area contributed by atoms with Crippen LogP contribution in [0.3, 0.4) is 0 Å². The molecule has 84 valence electrons. The van der Waals surface area contributed by atoms with Crippen molar-refractivity contribution in [2.45, 2.75) is 46.0 Å². The van der Waals surface area contributed by atoms with E-state index in [1.165, 1.54) is 0 Å². The molecule has 1 unspecified atom stereocenters. The smallest absolute Gasteiger partial charge is 0.305 e. The number of hydrogen-bond acceptors (Lipinski definition) is 2. The van der Waals surface area contributed by atoms with E-state index in [0.29, 0.717) is 18.9 Å². The van der Waals surface area contributed by atoms with Crippen LogP contribution < -0.4 is 0 Å². The molecule has 0 aromatic carbocycles. The lowest BCUT2D eigenvalue weighted by Gasteiger charge is -2.08. The molecule has 2 nitrogen and oxygen atoms in total. The maximum absolute atomic E-state index is 11.0. The highest BCUT2D eigenvalue weighted by Crippen LogP contribution is 2.13. The number of alkyl halides is 1. The van der Waals surface area contributed by atoms with E-state index in [0.717, 1.165) is 31.6 Å². The Hall–Kier alpha value is -0.240. The first kappa shape index (κ1) is 13.8. The molecule has 1 atom stereocenters. The van der Waals surface area contributed by atoms with E-state index >= 15 is 0 Å². The van der Waals surface area contributed by atoms with E-state index in [4.69, 9.17) is 16.3 Å². The lowest BCUT2D eigenvalue weighted by Crippen LogP contribution is -2.04. The molecule has 0 aromatic rings. The summed E-state index contributed by atoms with van der Waals surface area (Å²) in [7, 11) is 0. The van der Waals surface area contributed by atoms with Crippen molar-refractivity contribution in [3.05, 3.63) is 0 Å². The van der Waals surface area contributed by atoms with Gasteiger partial charge in [0.1, 0.15) is 0 Å². The van der Waals surface area contributed by atoms with Crippen LogP contribution in [0.25, 0.3) is 0 Å². The highest BCUT2D eigenvalue weighted by molar-refractivity contribution is 6.17. The summed E-state index contributed by atoms with van der Waals surface area (Å²) < 4.78 is 4.84. The van der Waals surface area contributed by atoms with Crippen LogP contribution in [-0.4, -0.2) is 18.5 Å². The van der Waals surface area contributed by atoms with Crippen LogP contribution in [0.5, 0.6) is 0 Å². The first-order chi connectivity index (χ1) is 6.70. The predicted molar refractivity (Wildman–Crippen MR) is 59.6 cm³/mol. The zero-order valence-electron chi connectivity index (χ0n) is 9.22. The molecule has 0 saturated heterocycles. The summed E-state index contributed by atoms with van der Waals surface area (Å²) in [5, 5.41) is 0. The Kier molecular flexibility index (Phi) is 9.16. The summed E-state index contributed by atoms with van der Waals surface area (Å²) in [5.41, 5.74) is 0. The lowest BCUT2D eigenvalue weighted by molar-refractivity contribution is -0.143. The Bertz CT molecular complexity index is 148. The van der Waals surface area contributed by atoms with Gasteiger partial charge in [-0.25, -0.2) is 0 Å². The second-order valence-corrected chi connectivity index (χ2v) is 4.01. The lowest BCUT2D eigenvalue weighted by atomic mass is 10.0. The summed E-state index contributed by atoms with van der Waals surface area (Å²) in [6, 6.07) is 0. The minimum absolute atomic E-state index is 0.0718. The Labute approximate surface area is 92.0 Å². The fraction of sp³-hybridized carbons (Fsp3) is 0.909. The van der Waals surface area contributed by atoms with Gasteiger partial charge in [0.05, 0.1) is 6.61 Å². The summed E-state index contributed by atoms with van der Waals surface area (Å²) >= 11 is 5.63. The van der Waals surface area contributed by atoms with Gasteiger partial charge in [-0.3, -0.25) is 4.79 Å². The molecule has 0 bridgehead atoms. The number of halogens is 1. The van der Waals surface area contributed by atoms with Crippen molar-refractivity contribution in [2.75, 3.05) is 12.5 Å². The molecule has 0 fully saturated rings. The molecule has 0 rings (SSSR count). The molecule has 0 amide bonds. The second kappa shape index (κ2) is 9.32. The molecular formula is C11H21ClO2. The van der Waals surface area contributed by atoms with Crippen LogP contribution in [0.1, 0.15) is 46.0 Å². The van der Waals surface area contributed by atoms with Crippen molar-refractivity contribution in [1.82, 2.24) is 0 Å². The van der Waals surface area contributed by atoms with Crippen LogP contribution in [0.2, 0.25) is 0 Å². The molecule has 3 heteroatoms. The number of hydrogen-bond donors (Lipinski definition) is 0. The highest BCUT2D eigenvalue weighted by atomic mass is 35.5. The summed E-state index contributed by atoms with van der Waals surface area (Å²) in [6.07, 6.45) is 4.82. The Morgan fingerprint density at radius 3 is 2.64 bits per heavy atom. The molecule has 0 spiro atoms. The standard InChI is InChI=1S/C11H21ClO2/c1-3-14-11(13)7-5-4-6-10(2)8-9-12/h10H,3-9H2,1-2H3. The Morgan fingerprint density at radius 2 is 2.07 bits per heavy atom. The Balaban J connectivity index is 3.24. The molecule has 0 N–H and O–H groups in total. The Morgan fingerprint density at radius 1 is 1.36 bits per heavy atom. The van der Waals surface area contributed by atoms with Crippen LogP contribution >= 0.6 is 11.6 Å². The monoisotopic (exact) mass is 220 g/mol. The summed E-state index contributed by atoms with van der Waals surface area (Å²) in [6.45, 7) is 4.52. The van der Waals surface area contributed by atoms with Crippen LogP contribution in [0.4, 0.5) is 0 Å². The van der Waals surface area contributed by atoms with Gasteiger partial charge < -0.3 is 4.74 Å². The third-order valence-electron chi connectivity index (χ3n) is 2.24. The molecule has 0 aromatic heterocycles. The second-order valence-electron chi connectivity index (χ2n) is 3.63. The fourth-order valence-electron chi connectivity index (χ4n) is 1.33. The van der Waals surface area contributed by atoms with Crippen LogP contribution in [-0.2, 0) is 9.53 Å². The number of carbonyl (C=O) groups is 1. The van der Waals surface area contributed by atoms with Crippen LogP contribution in [0, 0.1) is 5.92 Å². The van der Waals surface area contributed by atoms with Gasteiger partial charge in [-0.2, -0.15) is 0 Å². The fourth-order valence-corrected chi connectivity index (χ4v) is 1.70. The highest BCUT2D eigenvalue weighted by Gasteiger charge is 2.03. The van der Waals surface area contributed by atoms with Crippen LogP contribution in [0.15, 0.2) is 0 Å². The van der Waals surface area contributed by atoms with Gasteiger partial charge in [-0.1, -0.05) is 19.8 Å². The summed E-state index contributed by atoms with van der Waals surface area (Å²) in [4.78, 5) is 11.0. The minimum Gasteiger partial charge on any atom is -0.466 e. The first-order valence-corrected chi connectivity index (χ1v) is 5.95. The van der Waals surface area contributed by atoms with Crippen molar-refractivity contribution >= 4 is 17.6 Å². The van der Waals surface area contributed by atoms with Gasteiger partial charge >= 0.3 is 5.97 Å². The number of esters is 1. The van der Waals surface area contributed by atoms with Gasteiger partial charge in [-0.15, -0.1) is 11.6 Å². The zero-order chi connectivity index (χ0) is 10.8. The van der Waals surface area contributed by atoms with Gasteiger partial charge in [0.25, 0.3) is 0 Å². The van der Waals surface area contributed by atoms with E-state index in [9.17, 15) is 4.79 Å². The van der Waals surface area contributed by atoms with Gasteiger partial charge in [-0.05, 0) is 25.7 Å². The molecule has 0 radical (unpaired) electrons. The molecule has 0 aliphatic rings. The molecule has 0 aliphatic heterocycles. The third kappa shape index (κ3) is 8.36. The number of carbonyl (C=O) groups excluding carboxylic acids is 1. The SMILES string of the molecule is CCOC(=O)CCCCC(C)CCCl. The quantitative estimate of drug-likeness (QED) is 0.356. The average Bonchev–Trinajstić information content (AvgIpc) is 2.13. The summed E-state index contributed by atoms with van der Waals surface area (Å²) in [5.74, 6) is 1.34. The van der Waals surface area contributed by atoms with Crippen molar-refractivity contribution in [2.24, 2.45) is 5.92 Å². The maximum Gasteiger partial charge on any atom is 0.305 e. The number of ether oxygens (including phenoxy) is 1. The zero-order valence-corrected chi connectivity index (χ0v) is 9.98. The normalized spacial score (nSPS) is 12.5. The minimum atomic E-state index is -0.0718. The molecule has 14 heavy (non-hydrogen) atoms. The van der Waals surface area contributed by atoms with Crippen molar-refractivity contribution in [3.8, 4) is 0 Å². The molecular weight excluding hydrogens is 200 g/mol. The van der Waals surface area contributed by atoms with Gasteiger partial charge in [0.15, 0.2) is 0 Å². The van der Waals surface area contributed by atoms with Crippen molar-refractivity contribution in [3.63, 3.8) is 0 Å². The van der Waals surface area contributed by atoms with E-state index in [1.807, 2.05) is 6.92 Å². The maximum atomic E-state index is 11.0. The largest absolute Gasteiger partial charge is 0.466 e. The topological polar surface area (TPSA) is 26.3 Å². The molecule has 0 saturated carbocycles. The molecule has 0 aliphatic carbocycles. The number of rotatable bonds is 8.